The summed E-state index contributed by atoms with van der Waals surface area (Å²) in [4.78, 5) is 35.7. The summed E-state index contributed by atoms with van der Waals surface area (Å²) >= 11 is 4.14. The first-order valence-corrected chi connectivity index (χ1v) is 12.6. The number of hydrogen-bond donors (Lipinski definition) is 4. The molecule has 29 heavy (non-hydrogen) atoms. The molecule has 1 aromatic heterocycles. The summed E-state index contributed by atoms with van der Waals surface area (Å²) in [6.45, 7) is 4.00. The lowest BCUT2D eigenvalue weighted by molar-refractivity contribution is -0.0570. The van der Waals surface area contributed by atoms with Gasteiger partial charge in [-0.2, -0.15) is 0 Å². The molecule has 8 unspecified atom stereocenters. The summed E-state index contributed by atoms with van der Waals surface area (Å²) in [5.74, 6) is 5.10. The van der Waals surface area contributed by atoms with Gasteiger partial charge in [-0.3, -0.25) is 14.3 Å². The molecule has 0 spiro atoms. The topological polar surface area (TPSA) is 147 Å². The Hall–Kier alpha value is -0.390. The van der Waals surface area contributed by atoms with Crippen molar-refractivity contribution in [3.63, 3.8) is 0 Å². The highest BCUT2D eigenvalue weighted by atomic mass is 32.7. The van der Waals surface area contributed by atoms with E-state index in [4.69, 9.17) is 24.4 Å². The van der Waals surface area contributed by atoms with Crippen molar-refractivity contribution in [2.75, 3.05) is 14.2 Å². The Balaban J connectivity index is 0.00000145. The van der Waals surface area contributed by atoms with Crippen molar-refractivity contribution in [2.24, 2.45) is 11.8 Å². The Morgan fingerprint density at radius 1 is 1.34 bits per heavy atom. The van der Waals surface area contributed by atoms with Crippen LogP contribution in [-0.2, 0) is 23.1 Å². The van der Waals surface area contributed by atoms with E-state index in [2.05, 4.69) is 21.9 Å². The Morgan fingerprint density at radius 2 is 2.03 bits per heavy atom. The van der Waals surface area contributed by atoms with Crippen LogP contribution in [-0.4, -0.2) is 52.6 Å². The SMILES string of the molecule is CC.COC1C(OP(S)ON)C(C2CC2P(O)OC)OC1n1ccc(=O)[nH]c1=O. The Morgan fingerprint density at radius 3 is 2.59 bits per heavy atom. The Bertz CT molecular complexity index is 768. The number of hydrogen-bond acceptors (Lipinski definition) is 10. The molecule has 2 aliphatic rings. The molecule has 3 rings (SSSR count). The van der Waals surface area contributed by atoms with Crippen LogP contribution in [0.5, 0.6) is 0 Å². The van der Waals surface area contributed by atoms with Gasteiger partial charge in [0, 0.05) is 32.1 Å². The monoisotopic (exact) mass is 471 g/mol. The van der Waals surface area contributed by atoms with Crippen LogP contribution in [0, 0.1) is 5.92 Å². The van der Waals surface area contributed by atoms with E-state index in [0.29, 0.717) is 6.42 Å². The maximum absolute atomic E-state index is 12.2. The molecule has 1 aromatic rings. The second-order valence-corrected chi connectivity index (χ2v) is 9.58. The highest BCUT2D eigenvalue weighted by Gasteiger charge is 2.59. The van der Waals surface area contributed by atoms with E-state index in [9.17, 15) is 14.5 Å². The van der Waals surface area contributed by atoms with Crippen LogP contribution < -0.4 is 17.1 Å². The molecule has 2 fully saturated rings. The van der Waals surface area contributed by atoms with Crippen molar-refractivity contribution >= 4 is 28.2 Å². The van der Waals surface area contributed by atoms with Crippen LogP contribution in [0.15, 0.2) is 21.9 Å². The lowest BCUT2D eigenvalue weighted by atomic mass is 10.1. The Kier molecular flexibility index (Phi) is 9.69. The van der Waals surface area contributed by atoms with E-state index in [1.54, 1.807) is 0 Å². The zero-order chi connectivity index (χ0) is 21.7. The number of aromatic amines is 1. The fourth-order valence-corrected chi connectivity index (χ4v) is 5.32. The minimum absolute atomic E-state index is 0.0540. The summed E-state index contributed by atoms with van der Waals surface area (Å²) in [5.41, 5.74) is -1.23. The summed E-state index contributed by atoms with van der Waals surface area (Å²) in [5, 5.41) is 0. The van der Waals surface area contributed by atoms with E-state index >= 15 is 0 Å². The molecule has 2 heterocycles. The van der Waals surface area contributed by atoms with Crippen molar-refractivity contribution in [2.45, 2.75) is 50.5 Å². The number of rotatable bonds is 8. The van der Waals surface area contributed by atoms with Gasteiger partial charge < -0.3 is 23.4 Å². The van der Waals surface area contributed by atoms with Gasteiger partial charge in [-0.05, 0) is 12.3 Å². The normalized spacial score (nSPS) is 32.9. The number of ether oxygens (including phenoxy) is 2. The van der Waals surface area contributed by atoms with Gasteiger partial charge in [0.25, 0.3) is 13.1 Å². The highest BCUT2D eigenvalue weighted by molar-refractivity contribution is 8.41. The summed E-state index contributed by atoms with van der Waals surface area (Å²) in [7, 11) is -0.383. The fraction of sp³-hybridized carbons (Fsp3) is 0.733. The number of nitrogens with two attached hydrogens (primary N) is 1. The number of nitrogens with one attached hydrogen (secondary N) is 1. The predicted molar refractivity (Wildman–Crippen MR) is 111 cm³/mol. The van der Waals surface area contributed by atoms with E-state index in [0.717, 1.165) is 0 Å². The lowest BCUT2D eigenvalue weighted by Crippen LogP contribution is -2.39. The Labute approximate surface area is 175 Å². The molecule has 1 saturated heterocycles. The standard InChI is InChI=1S/C13H21N3O8P2S.C2H6/c1-20-11-10(23-26(27)24-14)9(6-5-7(6)25(19)21-2)22-12(11)16-4-3-8(17)15-13(16)18;1-2/h3-4,6-7,9-12,19,27H,5,14H2,1-2H3,(H,15,17,18);1-2H3. The molecular formula is C15H27N3O8P2S. The van der Waals surface area contributed by atoms with E-state index in [1.807, 2.05) is 13.8 Å². The first-order valence-electron chi connectivity index (χ1n) is 8.95. The fourth-order valence-electron chi connectivity index (χ4n) is 3.30. The molecule has 8 atom stereocenters. The summed E-state index contributed by atoms with van der Waals surface area (Å²) in [6, 6.07) is 1.22. The third kappa shape index (κ3) is 5.65. The van der Waals surface area contributed by atoms with Crippen molar-refractivity contribution in [1.29, 1.82) is 0 Å². The summed E-state index contributed by atoms with van der Waals surface area (Å²) < 4.78 is 28.3. The molecule has 11 nitrogen and oxygen atoms in total. The average Bonchev–Trinajstić information content (AvgIpc) is 3.44. The minimum atomic E-state index is -1.70. The molecule has 0 radical (unpaired) electrons. The van der Waals surface area contributed by atoms with Crippen molar-refractivity contribution in [3.05, 3.63) is 33.1 Å². The molecule has 1 aliphatic carbocycles. The lowest BCUT2D eigenvalue weighted by Gasteiger charge is -2.25. The molecule has 1 aliphatic heterocycles. The van der Waals surface area contributed by atoms with Gasteiger partial charge in [0.2, 0.25) is 0 Å². The van der Waals surface area contributed by atoms with Crippen LogP contribution in [0.2, 0.25) is 0 Å². The number of H-pyrrole nitrogens is 1. The van der Waals surface area contributed by atoms with Crippen LogP contribution >= 0.6 is 28.2 Å². The molecule has 0 bridgehead atoms. The molecule has 0 amide bonds. The van der Waals surface area contributed by atoms with Gasteiger partial charge in [-0.15, -0.1) is 0 Å². The maximum Gasteiger partial charge on any atom is 0.330 e. The van der Waals surface area contributed by atoms with Gasteiger partial charge in [0.1, 0.15) is 12.2 Å². The first kappa shape index (κ1) is 24.9. The minimum Gasteiger partial charge on any atom is -0.374 e. The number of nitrogens with zero attached hydrogens (tertiary/aromatic N) is 1. The molecule has 0 aromatic carbocycles. The molecule has 166 valence electrons. The van der Waals surface area contributed by atoms with E-state index in [-0.39, 0.29) is 11.6 Å². The smallest absolute Gasteiger partial charge is 0.330 e. The van der Waals surface area contributed by atoms with Gasteiger partial charge in [0.05, 0.1) is 6.10 Å². The molecular weight excluding hydrogens is 444 g/mol. The number of thiol groups is 1. The van der Waals surface area contributed by atoms with Crippen LogP contribution in [0.4, 0.5) is 0 Å². The van der Waals surface area contributed by atoms with E-state index in [1.165, 1.54) is 31.0 Å². The zero-order valence-corrected chi connectivity index (χ0v) is 19.2. The average molecular weight is 471 g/mol. The van der Waals surface area contributed by atoms with E-state index < -0.39 is 51.7 Å². The van der Waals surface area contributed by atoms with Crippen LogP contribution in [0.3, 0.4) is 0 Å². The van der Waals surface area contributed by atoms with Gasteiger partial charge in [-0.25, -0.2) is 15.3 Å². The molecule has 14 heteroatoms. The van der Waals surface area contributed by atoms with Gasteiger partial charge >= 0.3 is 5.69 Å². The van der Waals surface area contributed by atoms with Crippen molar-refractivity contribution in [3.8, 4) is 0 Å². The largest absolute Gasteiger partial charge is 0.374 e. The third-order valence-corrected chi connectivity index (χ3v) is 7.33. The predicted octanol–water partition coefficient (Wildman–Crippen LogP) is 1.25. The maximum atomic E-state index is 12.2. The number of methoxy groups -OCH3 is 1. The van der Waals surface area contributed by atoms with Crippen LogP contribution in [0.1, 0.15) is 26.5 Å². The third-order valence-electron chi connectivity index (χ3n) is 4.62. The van der Waals surface area contributed by atoms with Crippen molar-refractivity contribution < 1.29 is 28.0 Å². The second-order valence-electron chi connectivity index (χ2n) is 6.07. The highest BCUT2D eigenvalue weighted by Crippen LogP contribution is 2.60. The number of aromatic nitrogens is 2. The zero-order valence-electron chi connectivity index (χ0n) is 16.5. The quantitative estimate of drug-likeness (QED) is 0.250. The first-order chi connectivity index (χ1) is 13.9. The van der Waals surface area contributed by atoms with Crippen LogP contribution in [0.25, 0.3) is 0 Å². The second kappa shape index (κ2) is 11.3. The van der Waals surface area contributed by atoms with Crippen molar-refractivity contribution in [1.82, 2.24) is 9.55 Å². The summed E-state index contributed by atoms with van der Waals surface area (Å²) in [6.07, 6.45) is -0.696. The molecule has 4 N–H and O–H groups in total. The van der Waals surface area contributed by atoms with Gasteiger partial charge in [-0.1, -0.05) is 26.1 Å². The van der Waals surface area contributed by atoms with Gasteiger partial charge in [0.15, 0.2) is 14.6 Å². The molecule has 1 saturated carbocycles.